The van der Waals surface area contributed by atoms with Crippen molar-refractivity contribution in [3.63, 3.8) is 0 Å². The average molecular weight is 363 g/mol. The van der Waals surface area contributed by atoms with Crippen molar-refractivity contribution >= 4 is 33.2 Å². The van der Waals surface area contributed by atoms with Crippen molar-refractivity contribution in [1.29, 1.82) is 0 Å². The molecule has 0 fully saturated rings. The zero-order chi connectivity index (χ0) is 17.6. The van der Waals surface area contributed by atoms with Gasteiger partial charge in [-0.15, -0.1) is 0 Å². The third-order valence-electron chi connectivity index (χ3n) is 3.29. The number of anilines is 1. The maximum absolute atomic E-state index is 12.1. The Balaban J connectivity index is 2.75. The van der Waals surface area contributed by atoms with Gasteiger partial charge in [0.15, 0.2) is 0 Å². The van der Waals surface area contributed by atoms with Crippen molar-refractivity contribution in [2.24, 2.45) is 0 Å². The van der Waals surface area contributed by atoms with Crippen LogP contribution in [0.25, 0.3) is 0 Å². The Hall–Kier alpha value is -1.31. The number of ether oxygens (including phenoxy) is 1. The number of nitrogens with one attached hydrogen (secondary N) is 1. The van der Waals surface area contributed by atoms with Gasteiger partial charge in [0.1, 0.15) is 5.75 Å². The molecule has 0 aliphatic carbocycles. The van der Waals surface area contributed by atoms with Gasteiger partial charge in [0.2, 0.25) is 15.9 Å². The summed E-state index contributed by atoms with van der Waals surface area (Å²) in [5.41, 5.74) is 1.33. The smallest absolute Gasteiger partial charge is 0.225 e. The van der Waals surface area contributed by atoms with Gasteiger partial charge in [-0.05, 0) is 25.0 Å². The first-order chi connectivity index (χ1) is 10.7. The molecule has 6 nitrogen and oxygen atoms in total. The molecular weight excluding hydrogens is 340 g/mol. The van der Waals surface area contributed by atoms with Crippen LogP contribution in [0.1, 0.15) is 25.3 Å². The average Bonchev–Trinajstić information content (AvgIpc) is 2.45. The van der Waals surface area contributed by atoms with Crippen LogP contribution in [0.5, 0.6) is 5.75 Å². The molecule has 0 aromatic heterocycles. The first-order valence-electron chi connectivity index (χ1n) is 7.28. The second-order valence-electron chi connectivity index (χ2n) is 5.26. The normalized spacial score (nSPS) is 11.6. The number of benzene rings is 1. The van der Waals surface area contributed by atoms with E-state index < -0.39 is 10.0 Å². The molecule has 1 aromatic carbocycles. The maximum atomic E-state index is 12.1. The Morgan fingerprint density at radius 3 is 2.52 bits per heavy atom. The highest BCUT2D eigenvalue weighted by Gasteiger charge is 2.17. The minimum Gasteiger partial charge on any atom is -0.495 e. The molecule has 0 bridgehead atoms. The highest BCUT2D eigenvalue weighted by atomic mass is 35.5. The highest BCUT2D eigenvalue weighted by molar-refractivity contribution is 7.88. The summed E-state index contributed by atoms with van der Waals surface area (Å²) in [5.74, 6) is 0.178. The van der Waals surface area contributed by atoms with Crippen molar-refractivity contribution in [3.8, 4) is 5.75 Å². The molecule has 0 aliphatic rings. The Bertz CT molecular complexity index is 662. The lowest BCUT2D eigenvalue weighted by Crippen LogP contribution is -2.33. The van der Waals surface area contributed by atoms with Gasteiger partial charge in [0, 0.05) is 30.6 Å². The summed E-state index contributed by atoms with van der Waals surface area (Å²) in [6.07, 6.45) is 1.91. The first kappa shape index (κ1) is 19.7. The van der Waals surface area contributed by atoms with Gasteiger partial charge in [-0.2, -0.15) is 0 Å². The fourth-order valence-corrected chi connectivity index (χ4v) is 3.15. The predicted octanol–water partition coefficient (Wildman–Crippen LogP) is 2.66. The van der Waals surface area contributed by atoms with Crippen LogP contribution in [-0.2, 0) is 14.8 Å². The van der Waals surface area contributed by atoms with E-state index in [1.165, 1.54) is 11.4 Å². The van der Waals surface area contributed by atoms with Gasteiger partial charge in [-0.25, -0.2) is 12.7 Å². The third-order valence-corrected chi connectivity index (χ3v) is 5.00. The first-order valence-corrected chi connectivity index (χ1v) is 9.50. The number of sulfonamides is 1. The van der Waals surface area contributed by atoms with Gasteiger partial charge >= 0.3 is 0 Å². The Morgan fingerprint density at radius 2 is 2.00 bits per heavy atom. The Labute approximate surface area is 142 Å². The van der Waals surface area contributed by atoms with Gasteiger partial charge in [0.05, 0.1) is 19.1 Å². The number of halogens is 1. The molecule has 0 saturated carbocycles. The van der Waals surface area contributed by atoms with Crippen molar-refractivity contribution in [2.75, 3.05) is 31.8 Å². The zero-order valence-electron chi connectivity index (χ0n) is 13.8. The summed E-state index contributed by atoms with van der Waals surface area (Å²) in [7, 11) is -1.82. The summed E-state index contributed by atoms with van der Waals surface area (Å²) >= 11 is 6.02. The van der Waals surface area contributed by atoms with E-state index in [0.29, 0.717) is 29.4 Å². The summed E-state index contributed by atoms with van der Waals surface area (Å²) in [5, 5.41) is 3.28. The van der Waals surface area contributed by atoms with Gasteiger partial charge in [0.25, 0.3) is 0 Å². The fraction of sp³-hybridized carbons (Fsp3) is 0.533. The predicted molar refractivity (Wildman–Crippen MR) is 92.7 cm³/mol. The standard InChI is InChI=1S/C15H23ClN2O4S/c1-5-7-18(23(4,20)21)8-6-15(19)17-13-9-11(2)12(16)10-14(13)22-3/h9-10H,5-8H2,1-4H3,(H,17,19). The number of aryl methyl sites for hydroxylation is 1. The molecule has 0 heterocycles. The number of nitrogens with zero attached hydrogens (tertiary/aromatic N) is 1. The molecule has 0 atom stereocenters. The number of carbonyl (C=O) groups is 1. The van der Waals surface area contributed by atoms with Crippen LogP contribution >= 0.6 is 11.6 Å². The molecule has 0 radical (unpaired) electrons. The SMILES string of the molecule is CCCN(CCC(=O)Nc1cc(C)c(Cl)cc1OC)S(C)(=O)=O. The molecule has 130 valence electrons. The lowest BCUT2D eigenvalue weighted by atomic mass is 10.2. The van der Waals surface area contributed by atoms with Crippen LogP contribution in [0.4, 0.5) is 5.69 Å². The number of carbonyl (C=O) groups excluding carboxylic acids is 1. The minimum atomic E-state index is -3.31. The second kappa shape index (κ2) is 8.52. The van der Waals surface area contributed by atoms with E-state index in [-0.39, 0.29) is 18.9 Å². The third kappa shape index (κ3) is 6.01. The molecule has 0 unspecified atom stereocenters. The quantitative estimate of drug-likeness (QED) is 0.771. The van der Waals surface area contributed by atoms with E-state index in [0.717, 1.165) is 11.8 Å². The monoisotopic (exact) mass is 362 g/mol. The second-order valence-corrected chi connectivity index (χ2v) is 7.65. The molecule has 0 spiro atoms. The zero-order valence-corrected chi connectivity index (χ0v) is 15.4. The van der Waals surface area contributed by atoms with Crippen molar-refractivity contribution < 1.29 is 17.9 Å². The number of amides is 1. The van der Waals surface area contributed by atoms with Crippen LogP contribution in [0.15, 0.2) is 12.1 Å². The number of hydrogen-bond acceptors (Lipinski definition) is 4. The van der Waals surface area contributed by atoms with Gasteiger partial charge in [-0.3, -0.25) is 4.79 Å². The summed E-state index contributed by atoms with van der Waals surface area (Å²) in [6, 6.07) is 3.35. The summed E-state index contributed by atoms with van der Waals surface area (Å²) in [4.78, 5) is 12.1. The number of rotatable bonds is 8. The topological polar surface area (TPSA) is 75.7 Å². The molecule has 23 heavy (non-hydrogen) atoms. The molecule has 1 rings (SSSR count). The highest BCUT2D eigenvalue weighted by Crippen LogP contribution is 2.30. The van der Waals surface area contributed by atoms with E-state index in [1.807, 2.05) is 13.8 Å². The van der Waals surface area contributed by atoms with Crippen molar-refractivity contribution in [3.05, 3.63) is 22.7 Å². The van der Waals surface area contributed by atoms with Crippen LogP contribution in [0.3, 0.4) is 0 Å². The minimum absolute atomic E-state index is 0.0674. The van der Waals surface area contributed by atoms with E-state index in [9.17, 15) is 13.2 Å². The van der Waals surface area contributed by atoms with E-state index >= 15 is 0 Å². The van der Waals surface area contributed by atoms with E-state index in [1.54, 1.807) is 12.1 Å². The van der Waals surface area contributed by atoms with Crippen LogP contribution in [-0.4, -0.2) is 45.1 Å². The van der Waals surface area contributed by atoms with E-state index in [4.69, 9.17) is 16.3 Å². The number of hydrogen-bond donors (Lipinski definition) is 1. The van der Waals surface area contributed by atoms with Gasteiger partial charge < -0.3 is 10.1 Å². The van der Waals surface area contributed by atoms with Crippen LogP contribution in [0, 0.1) is 6.92 Å². The summed E-state index contributed by atoms with van der Waals surface area (Å²) < 4.78 is 29.8. The maximum Gasteiger partial charge on any atom is 0.225 e. The van der Waals surface area contributed by atoms with Crippen LogP contribution < -0.4 is 10.1 Å². The molecule has 1 amide bonds. The van der Waals surface area contributed by atoms with Crippen molar-refractivity contribution in [2.45, 2.75) is 26.7 Å². The summed E-state index contributed by atoms with van der Waals surface area (Å²) in [6.45, 7) is 4.26. The number of methoxy groups -OCH3 is 1. The van der Waals surface area contributed by atoms with Crippen molar-refractivity contribution in [1.82, 2.24) is 4.31 Å². The molecule has 0 aliphatic heterocycles. The lowest BCUT2D eigenvalue weighted by molar-refractivity contribution is -0.116. The molecule has 0 saturated heterocycles. The molecule has 1 N–H and O–H groups in total. The molecular formula is C15H23ClN2O4S. The Kier molecular flexibility index (Phi) is 7.31. The molecule has 8 heteroatoms. The lowest BCUT2D eigenvalue weighted by Gasteiger charge is -2.19. The fourth-order valence-electron chi connectivity index (χ4n) is 2.06. The molecule has 1 aromatic rings. The van der Waals surface area contributed by atoms with Crippen LogP contribution in [0.2, 0.25) is 5.02 Å². The Morgan fingerprint density at radius 1 is 1.35 bits per heavy atom. The van der Waals surface area contributed by atoms with E-state index in [2.05, 4.69) is 5.32 Å². The van der Waals surface area contributed by atoms with Gasteiger partial charge in [-0.1, -0.05) is 18.5 Å². The largest absolute Gasteiger partial charge is 0.495 e.